The van der Waals surface area contributed by atoms with E-state index in [2.05, 4.69) is 13.8 Å². The van der Waals surface area contributed by atoms with E-state index in [0.717, 1.165) is 6.42 Å². The van der Waals surface area contributed by atoms with E-state index < -0.39 is 5.60 Å². The van der Waals surface area contributed by atoms with E-state index >= 15 is 0 Å². The maximum atomic E-state index is 9.91. The highest BCUT2D eigenvalue weighted by Gasteiger charge is 2.38. The molecule has 0 spiro atoms. The van der Waals surface area contributed by atoms with Crippen LogP contribution in [0.1, 0.15) is 26.7 Å². The van der Waals surface area contributed by atoms with Crippen molar-refractivity contribution in [1.82, 2.24) is 0 Å². The SMILES string of the molecule is CC(C)C1CC(O)(CCN)CO1. The van der Waals surface area contributed by atoms with Gasteiger partial charge in [-0.3, -0.25) is 0 Å². The molecule has 1 heterocycles. The molecule has 1 fully saturated rings. The zero-order valence-corrected chi connectivity index (χ0v) is 7.92. The summed E-state index contributed by atoms with van der Waals surface area (Å²) in [5, 5.41) is 9.91. The van der Waals surface area contributed by atoms with Gasteiger partial charge in [0.2, 0.25) is 0 Å². The van der Waals surface area contributed by atoms with Gasteiger partial charge in [-0.05, 0) is 18.9 Å². The lowest BCUT2D eigenvalue weighted by Gasteiger charge is -2.19. The summed E-state index contributed by atoms with van der Waals surface area (Å²) in [5.74, 6) is 0.483. The molecule has 2 atom stereocenters. The summed E-state index contributed by atoms with van der Waals surface area (Å²) in [4.78, 5) is 0. The fourth-order valence-corrected chi connectivity index (χ4v) is 1.63. The van der Waals surface area contributed by atoms with Gasteiger partial charge < -0.3 is 15.6 Å². The van der Waals surface area contributed by atoms with Gasteiger partial charge in [-0.2, -0.15) is 0 Å². The minimum Gasteiger partial charge on any atom is -0.387 e. The van der Waals surface area contributed by atoms with Crippen LogP contribution in [0.2, 0.25) is 0 Å². The third kappa shape index (κ3) is 2.19. The molecule has 0 aromatic rings. The molecule has 0 aromatic carbocycles. The van der Waals surface area contributed by atoms with Crippen LogP contribution in [-0.2, 0) is 4.74 Å². The molecular weight excluding hydrogens is 154 g/mol. The molecule has 0 radical (unpaired) electrons. The van der Waals surface area contributed by atoms with Crippen molar-refractivity contribution < 1.29 is 9.84 Å². The molecule has 1 aliphatic heterocycles. The first-order valence-electron chi connectivity index (χ1n) is 4.61. The summed E-state index contributed by atoms with van der Waals surface area (Å²) < 4.78 is 5.48. The van der Waals surface area contributed by atoms with Crippen LogP contribution in [0.4, 0.5) is 0 Å². The largest absolute Gasteiger partial charge is 0.387 e. The van der Waals surface area contributed by atoms with Gasteiger partial charge in [-0.15, -0.1) is 0 Å². The van der Waals surface area contributed by atoms with Gasteiger partial charge in [-0.1, -0.05) is 13.8 Å². The highest BCUT2D eigenvalue weighted by Crippen LogP contribution is 2.30. The van der Waals surface area contributed by atoms with Crippen molar-refractivity contribution in [2.24, 2.45) is 11.7 Å². The van der Waals surface area contributed by atoms with Gasteiger partial charge in [0.25, 0.3) is 0 Å². The number of rotatable bonds is 3. The second-order valence-corrected chi connectivity index (χ2v) is 4.06. The summed E-state index contributed by atoms with van der Waals surface area (Å²) in [6.07, 6.45) is 1.60. The first kappa shape index (κ1) is 9.96. The molecule has 1 saturated heterocycles. The molecule has 2 unspecified atom stereocenters. The summed E-state index contributed by atoms with van der Waals surface area (Å²) in [6, 6.07) is 0. The molecule has 3 N–H and O–H groups in total. The quantitative estimate of drug-likeness (QED) is 0.654. The normalized spacial score (nSPS) is 36.2. The van der Waals surface area contributed by atoms with E-state index in [-0.39, 0.29) is 6.10 Å². The number of hydrogen-bond donors (Lipinski definition) is 2. The van der Waals surface area contributed by atoms with Gasteiger partial charge in [-0.25, -0.2) is 0 Å². The highest BCUT2D eigenvalue weighted by molar-refractivity contribution is 4.89. The van der Waals surface area contributed by atoms with Crippen LogP contribution in [0.25, 0.3) is 0 Å². The highest BCUT2D eigenvalue weighted by atomic mass is 16.5. The standard InChI is InChI=1S/C9H19NO2/c1-7(2)8-5-9(11,3-4-10)6-12-8/h7-8,11H,3-6,10H2,1-2H3. The van der Waals surface area contributed by atoms with Crippen molar-refractivity contribution in [2.75, 3.05) is 13.2 Å². The Hall–Kier alpha value is -0.120. The Balaban J connectivity index is 2.43. The average molecular weight is 173 g/mol. The van der Waals surface area contributed by atoms with Gasteiger partial charge in [0, 0.05) is 6.42 Å². The lowest BCUT2D eigenvalue weighted by atomic mass is 9.92. The molecule has 12 heavy (non-hydrogen) atoms. The summed E-state index contributed by atoms with van der Waals surface area (Å²) in [7, 11) is 0. The van der Waals surface area contributed by atoms with Gasteiger partial charge in [0.15, 0.2) is 0 Å². The molecule has 0 amide bonds. The Morgan fingerprint density at radius 1 is 1.67 bits per heavy atom. The fourth-order valence-electron chi connectivity index (χ4n) is 1.63. The number of hydrogen-bond acceptors (Lipinski definition) is 3. The number of aliphatic hydroxyl groups is 1. The maximum absolute atomic E-state index is 9.91. The van der Waals surface area contributed by atoms with Crippen LogP contribution in [0.5, 0.6) is 0 Å². The minimum absolute atomic E-state index is 0.210. The minimum atomic E-state index is -0.649. The Bertz CT molecular complexity index is 149. The summed E-state index contributed by atoms with van der Waals surface area (Å²) in [5.41, 5.74) is 4.75. The van der Waals surface area contributed by atoms with Crippen LogP contribution >= 0.6 is 0 Å². The molecule has 3 heteroatoms. The van der Waals surface area contributed by atoms with Crippen molar-refractivity contribution in [3.8, 4) is 0 Å². The van der Waals surface area contributed by atoms with E-state index in [9.17, 15) is 5.11 Å². The third-order valence-electron chi connectivity index (χ3n) is 2.50. The molecule has 3 nitrogen and oxygen atoms in total. The Morgan fingerprint density at radius 2 is 2.33 bits per heavy atom. The smallest absolute Gasteiger partial charge is 0.0917 e. The molecule has 1 rings (SSSR count). The Kier molecular flexibility index (Phi) is 3.09. The van der Waals surface area contributed by atoms with Gasteiger partial charge >= 0.3 is 0 Å². The van der Waals surface area contributed by atoms with Crippen LogP contribution in [-0.4, -0.2) is 30.0 Å². The lowest BCUT2D eigenvalue weighted by Crippen LogP contribution is -2.32. The van der Waals surface area contributed by atoms with Crippen LogP contribution in [0.15, 0.2) is 0 Å². The van der Waals surface area contributed by atoms with Gasteiger partial charge in [0.1, 0.15) is 0 Å². The predicted octanol–water partition coefficient (Wildman–Crippen LogP) is 0.511. The Labute approximate surface area is 73.9 Å². The van der Waals surface area contributed by atoms with Crippen molar-refractivity contribution in [2.45, 2.75) is 38.4 Å². The van der Waals surface area contributed by atoms with Crippen molar-refractivity contribution in [3.05, 3.63) is 0 Å². The number of nitrogens with two attached hydrogens (primary N) is 1. The first-order valence-corrected chi connectivity index (χ1v) is 4.61. The van der Waals surface area contributed by atoms with E-state index in [1.807, 2.05) is 0 Å². The molecular formula is C9H19NO2. The molecule has 0 aromatic heterocycles. The zero-order chi connectivity index (χ0) is 9.19. The lowest BCUT2D eigenvalue weighted by molar-refractivity contribution is 0.0132. The monoisotopic (exact) mass is 173 g/mol. The topological polar surface area (TPSA) is 55.5 Å². The summed E-state index contributed by atoms with van der Waals surface area (Å²) in [6.45, 7) is 5.20. The maximum Gasteiger partial charge on any atom is 0.0917 e. The van der Waals surface area contributed by atoms with Crippen LogP contribution in [0, 0.1) is 5.92 Å². The predicted molar refractivity (Wildman–Crippen MR) is 47.8 cm³/mol. The van der Waals surface area contributed by atoms with Crippen LogP contribution < -0.4 is 5.73 Å². The van der Waals surface area contributed by atoms with Crippen molar-refractivity contribution in [3.63, 3.8) is 0 Å². The first-order chi connectivity index (χ1) is 5.57. The van der Waals surface area contributed by atoms with E-state index in [4.69, 9.17) is 10.5 Å². The summed E-state index contributed by atoms with van der Waals surface area (Å²) >= 11 is 0. The molecule has 0 saturated carbocycles. The molecule has 72 valence electrons. The average Bonchev–Trinajstić information content (AvgIpc) is 2.33. The second kappa shape index (κ2) is 3.73. The van der Waals surface area contributed by atoms with Crippen molar-refractivity contribution in [1.29, 1.82) is 0 Å². The van der Waals surface area contributed by atoms with E-state index in [1.165, 1.54) is 0 Å². The van der Waals surface area contributed by atoms with E-state index in [1.54, 1.807) is 0 Å². The Morgan fingerprint density at radius 3 is 2.75 bits per heavy atom. The van der Waals surface area contributed by atoms with Crippen LogP contribution in [0.3, 0.4) is 0 Å². The second-order valence-electron chi connectivity index (χ2n) is 4.06. The molecule has 1 aliphatic rings. The third-order valence-corrected chi connectivity index (χ3v) is 2.50. The fraction of sp³-hybridized carbons (Fsp3) is 1.00. The van der Waals surface area contributed by atoms with Crippen molar-refractivity contribution >= 4 is 0 Å². The number of ether oxygens (including phenoxy) is 1. The van der Waals surface area contributed by atoms with E-state index in [0.29, 0.717) is 25.5 Å². The molecule has 0 aliphatic carbocycles. The zero-order valence-electron chi connectivity index (χ0n) is 7.92. The molecule has 0 bridgehead atoms. The van der Waals surface area contributed by atoms with Gasteiger partial charge in [0.05, 0.1) is 18.3 Å².